The summed E-state index contributed by atoms with van der Waals surface area (Å²) < 4.78 is 5.41. The van der Waals surface area contributed by atoms with Crippen molar-refractivity contribution in [3.05, 3.63) is 34.9 Å². The van der Waals surface area contributed by atoms with Crippen molar-refractivity contribution in [3.8, 4) is 0 Å². The molecular formula is C17H29NO. The Kier molecular flexibility index (Phi) is 7.11. The predicted octanol–water partition coefficient (Wildman–Crippen LogP) is 3.64. The zero-order chi connectivity index (χ0) is 14.3. The van der Waals surface area contributed by atoms with Crippen molar-refractivity contribution in [2.24, 2.45) is 0 Å². The van der Waals surface area contributed by atoms with Gasteiger partial charge in [0.15, 0.2) is 0 Å². The normalized spacial score (nSPS) is 14.4. The summed E-state index contributed by atoms with van der Waals surface area (Å²) in [5.74, 6) is 0. The first-order valence-corrected chi connectivity index (χ1v) is 7.39. The van der Waals surface area contributed by atoms with E-state index in [4.69, 9.17) is 4.74 Å². The van der Waals surface area contributed by atoms with Crippen LogP contribution in [-0.4, -0.2) is 25.8 Å². The van der Waals surface area contributed by atoms with Gasteiger partial charge in [-0.2, -0.15) is 0 Å². The van der Waals surface area contributed by atoms with E-state index in [-0.39, 0.29) is 0 Å². The van der Waals surface area contributed by atoms with Crippen LogP contribution in [-0.2, 0) is 11.2 Å². The van der Waals surface area contributed by atoms with E-state index in [0.717, 1.165) is 19.4 Å². The van der Waals surface area contributed by atoms with Crippen molar-refractivity contribution in [2.45, 2.75) is 59.1 Å². The molecule has 0 aromatic heterocycles. The fourth-order valence-electron chi connectivity index (χ4n) is 2.37. The molecule has 0 radical (unpaired) electrons. The van der Waals surface area contributed by atoms with Crippen LogP contribution in [0.1, 0.15) is 43.4 Å². The maximum atomic E-state index is 5.41. The molecule has 0 aliphatic rings. The van der Waals surface area contributed by atoms with Gasteiger partial charge in [0.05, 0.1) is 6.10 Å². The molecule has 2 atom stereocenters. The Bertz CT molecular complexity index is 376. The first-order chi connectivity index (χ1) is 9.06. The Morgan fingerprint density at radius 1 is 1.26 bits per heavy atom. The van der Waals surface area contributed by atoms with Gasteiger partial charge in [0.1, 0.15) is 0 Å². The van der Waals surface area contributed by atoms with Crippen LogP contribution in [0.5, 0.6) is 0 Å². The number of hydrogen-bond donors (Lipinski definition) is 1. The second kappa shape index (κ2) is 8.34. The third-order valence-corrected chi connectivity index (χ3v) is 3.67. The van der Waals surface area contributed by atoms with E-state index in [0.29, 0.717) is 12.1 Å². The molecule has 108 valence electrons. The van der Waals surface area contributed by atoms with Crippen LogP contribution in [0, 0.1) is 13.8 Å². The van der Waals surface area contributed by atoms with Gasteiger partial charge in [0, 0.05) is 13.2 Å². The van der Waals surface area contributed by atoms with E-state index in [1.165, 1.54) is 23.1 Å². The summed E-state index contributed by atoms with van der Waals surface area (Å²) in [6.45, 7) is 9.79. The lowest BCUT2D eigenvalue weighted by Crippen LogP contribution is -2.35. The number of nitrogens with one attached hydrogen (secondary N) is 1. The zero-order valence-electron chi connectivity index (χ0n) is 13.1. The summed E-state index contributed by atoms with van der Waals surface area (Å²) in [6, 6.07) is 7.22. The van der Waals surface area contributed by atoms with Crippen LogP contribution in [0.3, 0.4) is 0 Å². The minimum atomic E-state index is 0.305. The van der Waals surface area contributed by atoms with Crippen molar-refractivity contribution in [2.75, 3.05) is 13.7 Å². The highest BCUT2D eigenvalue weighted by molar-refractivity contribution is 5.31. The van der Waals surface area contributed by atoms with Crippen LogP contribution in [0.4, 0.5) is 0 Å². The molecule has 1 rings (SSSR count). The number of methoxy groups -OCH3 is 1. The maximum Gasteiger partial charge on any atom is 0.0558 e. The van der Waals surface area contributed by atoms with Crippen LogP contribution < -0.4 is 5.32 Å². The largest absolute Gasteiger partial charge is 0.382 e. The Labute approximate surface area is 118 Å². The van der Waals surface area contributed by atoms with Crippen molar-refractivity contribution < 1.29 is 4.74 Å². The Balaban J connectivity index is 2.71. The molecule has 0 amide bonds. The lowest BCUT2D eigenvalue weighted by molar-refractivity contribution is 0.100. The van der Waals surface area contributed by atoms with Gasteiger partial charge in [-0.25, -0.2) is 0 Å². The third-order valence-electron chi connectivity index (χ3n) is 3.67. The van der Waals surface area contributed by atoms with Crippen molar-refractivity contribution >= 4 is 0 Å². The molecule has 2 unspecified atom stereocenters. The highest BCUT2D eigenvalue weighted by Crippen LogP contribution is 2.15. The second-order valence-corrected chi connectivity index (χ2v) is 5.57. The highest BCUT2D eigenvalue weighted by Gasteiger charge is 2.14. The van der Waals surface area contributed by atoms with Crippen molar-refractivity contribution in [3.63, 3.8) is 0 Å². The van der Waals surface area contributed by atoms with E-state index >= 15 is 0 Å². The molecule has 0 fully saturated rings. The predicted molar refractivity (Wildman–Crippen MR) is 82.8 cm³/mol. The number of hydrogen-bond acceptors (Lipinski definition) is 2. The summed E-state index contributed by atoms with van der Waals surface area (Å²) in [4.78, 5) is 0. The Morgan fingerprint density at radius 3 is 2.63 bits per heavy atom. The Morgan fingerprint density at radius 2 is 2.00 bits per heavy atom. The molecule has 0 bridgehead atoms. The van der Waals surface area contributed by atoms with Gasteiger partial charge in [-0.05, 0) is 57.7 Å². The van der Waals surface area contributed by atoms with Gasteiger partial charge in [-0.15, -0.1) is 0 Å². The molecule has 2 heteroatoms. The van der Waals surface area contributed by atoms with Gasteiger partial charge in [-0.1, -0.05) is 30.7 Å². The summed E-state index contributed by atoms with van der Waals surface area (Å²) in [7, 11) is 1.79. The highest BCUT2D eigenvalue weighted by atomic mass is 16.5. The monoisotopic (exact) mass is 263 g/mol. The second-order valence-electron chi connectivity index (χ2n) is 5.57. The number of benzene rings is 1. The van der Waals surface area contributed by atoms with Gasteiger partial charge < -0.3 is 10.1 Å². The topological polar surface area (TPSA) is 21.3 Å². The van der Waals surface area contributed by atoms with Gasteiger partial charge in [-0.3, -0.25) is 0 Å². The first-order valence-electron chi connectivity index (χ1n) is 7.39. The molecule has 0 saturated carbocycles. The standard InChI is InChI=1S/C17H29NO/c1-6-9-18-17(11-15(4)19-5)12-16-10-13(2)7-8-14(16)3/h7-8,10,15,17-18H,6,9,11-12H2,1-5H3. The minimum absolute atomic E-state index is 0.305. The lowest BCUT2D eigenvalue weighted by atomic mass is 9.96. The van der Waals surface area contributed by atoms with Gasteiger partial charge >= 0.3 is 0 Å². The fraction of sp³-hybridized carbons (Fsp3) is 0.647. The van der Waals surface area contributed by atoms with E-state index in [9.17, 15) is 0 Å². The van der Waals surface area contributed by atoms with Gasteiger partial charge in [0.25, 0.3) is 0 Å². The third kappa shape index (κ3) is 5.75. The summed E-state index contributed by atoms with van der Waals surface area (Å²) in [5.41, 5.74) is 4.19. The van der Waals surface area contributed by atoms with Crippen LogP contribution in [0.25, 0.3) is 0 Å². The number of ether oxygens (including phenoxy) is 1. The molecule has 0 heterocycles. The molecule has 0 spiro atoms. The van der Waals surface area contributed by atoms with E-state index in [2.05, 4.69) is 51.2 Å². The number of aryl methyl sites for hydroxylation is 2. The molecule has 0 aliphatic heterocycles. The quantitative estimate of drug-likeness (QED) is 0.773. The molecule has 2 nitrogen and oxygen atoms in total. The Hall–Kier alpha value is -0.860. The summed E-state index contributed by atoms with van der Waals surface area (Å²) in [6.07, 6.45) is 3.62. The molecule has 0 aliphatic carbocycles. The van der Waals surface area contributed by atoms with Crippen molar-refractivity contribution in [1.29, 1.82) is 0 Å². The molecule has 19 heavy (non-hydrogen) atoms. The van der Waals surface area contributed by atoms with Crippen LogP contribution >= 0.6 is 0 Å². The fourth-order valence-corrected chi connectivity index (χ4v) is 2.37. The SMILES string of the molecule is CCCNC(Cc1cc(C)ccc1C)CC(C)OC. The number of rotatable bonds is 8. The molecule has 1 aromatic carbocycles. The smallest absolute Gasteiger partial charge is 0.0558 e. The first kappa shape index (κ1) is 16.2. The summed E-state index contributed by atoms with van der Waals surface area (Å²) >= 11 is 0. The molecular weight excluding hydrogens is 234 g/mol. The van der Waals surface area contributed by atoms with Crippen LogP contribution in [0.2, 0.25) is 0 Å². The zero-order valence-corrected chi connectivity index (χ0v) is 13.1. The van der Waals surface area contributed by atoms with E-state index in [1.54, 1.807) is 7.11 Å². The molecule has 0 saturated heterocycles. The van der Waals surface area contributed by atoms with E-state index < -0.39 is 0 Å². The van der Waals surface area contributed by atoms with Gasteiger partial charge in [0.2, 0.25) is 0 Å². The summed E-state index contributed by atoms with van der Waals surface area (Å²) in [5, 5.41) is 3.65. The van der Waals surface area contributed by atoms with E-state index in [1.807, 2.05) is 0 Å². The lowest BCUT2D eigenvalue weighted by Gasteiger charge is -2.22. The average molecular weight is 263 g/mol. The van der Waals surface area contributed by atoms with Crippen LogP contribution in [0.15, 0.2) is 18.2 Å². The molecule has 1 aromatic rings. The van der Waals surface area contributed by atoms with Crippen molar-refractivity contribution in [1.82, 2.24) is 5.32 Å². The molecule has 1 N–H and O–H groups in total. The maximum absolute atomic E-state index is 5.41. The minimum Gasteiger partial charge on any atom is -0.382 e. The average Bonchev–Trinajstić information content (AvgIpc) is 2.39.